The third-order valence-corrected chi connectivity index (χ3v) is 5.42. The zero-order valence-electron chi connectivity index (χ0n) is 12.1. The second-order valence-electron chi connectivity index (χ2n) is 6.68. The quantitative estimate of drug-likeness (QED) is 0.918. The summed E-state index contributed by atoms with van der Waals surface area (Å²) in [5.74, 6) is 2.34. The van der Waals surface area contributed by atoms with E-state index in [4.69, 9.17) is 4.98 Å². The molecule has 4 fully saturated rings. The van der Waals surface area contributed by atoms with Gasteiger partial charge in [0, 0.05) is 30.4 Å². The Hall–Kier alpha value is -1.16. The van der Waals surface area contributed by atoms with Crippen molar-refractivity contribution in [1.82, 2.24) is 14.9 Å². The number of anilines is 1. The lowest BCUT2D eigenvalue weighted by Crippen LogP contribution is -2.53. The summed E-state index contributed by atoms with van der Waals surface area (Å²) in [6, 6.07) is 2.66. The first-order valence-corrected chi connectivity index (χ1v) is 8.20. The van der Waals surface area contributed by atoms with E-state index in [1.54, 1.807) is 0 Å². The van der Waals surface area contributed by atoms with Crippen molar-refractivity contribution in [3.8, 4) is 0 Å². The number of nitrogens with zero attached hydrogens (tertiary/aromatic N) is 3. The molecule has 0 aromatic carbocycles. The highest BCUT2D eigenvalue weighted by Gasteiger charge is 2.34. The summed E-state index contributed by atoms with van der Waals surface area (Å²) in [5.41, 5.74) is 1.25. The van der Waals surface area contributed by atoms with E-state index in [1.165, 1.54) is 63.9 Å². The van der Waals surface area contributed by atoms with Gasteiger partial charge in [-0.3, -0.25) is 0 Å². The van der Waals surface area contributed by atoms with Gasteiger partial charge in [-0.2, -0.15) is 0 Å². The molecular formula is C16H24N4. The smallest absolute Gasteiger partial charge is 0.223 e. The summed E-state index contributed by atoms with van der Waals surface area (Å²) in [6.07, 6.45) is 9.92. The maximum Gasteiger partial charge on any atom is 0.223 e. The second kappa shape index (κ2) is 5.32. The number of nitrogens with one attached hydrogen (secondary N) is 1. The largest absolute Gasteiger partial charge is 0.350 e. The molecule has 4 heteroatoms. The zero-order chi connectivity index (χ0) is 13.4. The Morgan fingerprint density at radius 3 is 2.60 bits per heavy atom. The van der Waals surface area contributed by atoms with Gasteiger partial charge in [-0.25, -0.2) is 9.97 Å². The van der Waals surface area contributed by atoms with Gasteiger partial charge in [-0.15, -0.1) is 0 Å². The molecule has 0 spiro atoms. The molecule has 108 valence electrons. The number of piperidine rings is 3. The van der Waals surface area contributed by atoms with E-state index >= 15 is 0 Å². The van der Waals surface area contributed by atoms with E-state index in [-0.39, 0.29) is 0 Å². The van der Waals surface area contributed by atoms with Gasteiger partial charge in [0.2, 0.25) is 5.95 Å². The van der Waals surface area contributed by atoms with Crippen molar-refractivity contribution in [1.29, 1.82) is 0 Å². The van der Waals surface area contributed by atoms with Gasteiger partial charge in [0.1, 0.15) is 0 Å². The minimum absolute atomic E-state index is 0.552. The van der Waals surface area contributed by atoms with Crippen LogP contribution < -0.4 is 5.32 Å². The van der Waals surface area contributed by atoms with Gasteiger partial charge in [-0.05, 0) is 50.8 Å². The minimum atomic E-state index is 0.552. The maximum atomic E-state index is 4.79. The molecule has 3 saturated heterocycles. The van der Waals surface area contributed by atoms with Gasteiger partial charge in [-0.1, -0.05) is 12.8 Å². The van der Waals surface area contributed by atoms with Crippen molar-refractivity contribution in [2.75, 3.05) is 25.0 Å². The molecular weight excluding hydrogens is 248 g/mol. The summed E-state index contributed by atoms with van der Waals surface area (Å²) in [5, 5.41) is 3.61. The van der Waals surface area contributed by atoms with E-state index in [0.717, 1.165) is 11.9 Å². The van der Waals surface area contributed by atoms with Crippen molar-refractivity contribution in [2.45, 2.75) is 50.5 Å². The van der Waals surface area contributed by atoms with Crippen molar-refractivity contribution in [2.24, 2.45) is 5.92 Å². The Morgan fingerprint density at radius 2 is 1.90 bits per heavy atom. The molecule has 1 aromatic heterocycles. The van der Waals surface area contributed by atoms with E-state index in [1.807, 2.05) is 6.20 Å². The highest BCUT2D eigenvalue weighted by Crippen LogP contribution is 2.33. The molecule has 1 saturated carbocycles. The highest BCUT2D eigenvalue weighted by molar-refractivity contribution is 5.29. The Labute approximate surface area is 121 Å². The van der Waals surface area contributed by atoms with Gasteiger partial charge in [0.25, 0.3) is 0 Å². The van der Waals surface area contributed by atoms with E-state index in [9.17, 15) is 0 Å². The average molecular weight is 272 g/mol. The van der Waals surface area contributed by atoms with Crippen LogP contribution in [0.3, 0.4) is 0 Å². The maximum absolute atomic E-state index is 4.79. The van der Waals surface area contributed by atoms with Crippen LogP contribution in [0.4, 0.5) is 5.95 Å². The van der Waals surface area contributed by atoms with E-state index in [2.05, 4.69) is 21.3 Å². The summed E-state index contributed by atoms with van der Waals surface area (Å²) in [7, 11) is 0. The first kappa shape index (κ1) is 12.6. The minimum Gasteiger partial charge on any atom is -0.350 e. The van der Waals surface area contributed by atoms with Crippen molar-refractivity contribution < 1.29 is 0 Å². The summed E-state index contributed by atoms with van der Waals surface area (Å²) in [4.78, 5) is 11.8. The van der Waals surface area contributed by atoms with Crippen molar-refractivity contribution in [3.63, 3.8) is 0 Å². The summed E-state index contributed by atoms with van der Waals surface area (Å²) in [6.45, 7) is 3.74. The van der Waals surface area contributed by atoms with Gasteiger partial charge in [0.05, 0.1) is 0 Å². The van der Waals surface area contributed by atoms with Gasteiger partial charge >= 0.3 is 0 Å². The van der Waals surface area contributed by atoms with Crippen LogP contribution in [-0.2, 0) is 0 Å². The fourth-order valence-electron chi connectivity index (χ4n) is 4.19. The molecule has 1 aliphatic carbocycles. The number of hydrogen-bond acceptors (Lipinski definition) is 4. The molecule has 1 atom stereocenters. The number of rotatable bonds is 3. The van der Waals surface area contributed by atoms with Crippen LogP contribution in [0.2, 0.25) is 0 Å². The third kappa shape index (κ3) is 2.41. The van der Waals surface area contributed by atoms with Crippen LogP contribution in [0.1, 0.15) is 50.1 Å². The number of fused-ring (bicyclic) bond motifs is 3. The molecule has 0 unspecified atom stereocenters. The lowest BCUT2D eigenvalue weighted by Gasteiger charge is -2.44. The van der Waals surface area contributed by atoms with Crippen LogP contribution in [0, 0.1) is 5.92 Å². The predicted octanol–water partition coefficient (Wildman–Crippen LogP) is 2.64. The van der Waals surface area contributed by atoms with Crippen LogP contribution in [-0.4, -0.2) is 40.5 Å². The lowest BCUT2D eigenvalue weighted by molar-refractivity contribution is 0.0972. The lowest BCUT2D eigenvalue weighted by atomic mass is 9.84. The predicted molar refractivity (Wildman–Crippen MR) is 79.8 cm³/mol. The SMILES string of the molecule is c1cc(C2CCCC2)nc(N[C@H]2CN3CCC2CC3)n1. The molecule has 4 aliphatic rings. The molecule has 1 aromatic rings. The third-order valence-electron chi connectivity index (χ3n) is 5.42. The monoisotopic (exact) mass is 272 g/mol. The highest BCUT2D eigenvalue weighted by atomic mass is 15.2. The van der Waals surface area contributed by atoms with Crippen LogP contribution in [0.5, 0.6) is 0 Å². The van der Waals surface area contributed by atoms with Gasteiger partial charge in [0.15, 0.2) is 0 Å². The van der Waals surface area contributed by atoms with Crippen LogP contribution >= 0.6 is 0 Å². The Bertz CT molecular complexity index is 461. The fourth-order valence-corrected chi connectivity index (χ4v) is 4.19. The van der Waals surface area contributed by atoms with E-state index < -0.39 is 0 Å². The Kier molecular flexibility index (Phi) is 3.34. The molecule has 4 nitrogen and oxygen atoms in total. The first-order valence-electron chi connectivity index (χ1n) is 8.20. The molecule has 4 heterocycles. The molecule has 3 aliphatic heterocycles. The second-order valence-corrected chi connectivity index (χ2v) is 6.68. The molecule has 0 amide bonds. The fraction of sp³-hybridized carbons (Fsp3) is 0.750. The Balaban J connectivity index is 1.47. The van der Waals surface area contributed by atoms with Crippen molar-refractivity contribution >= 4 is 5.95 Å². The zero-order valence-corrected chi connectivity index (χ0v) is 12.1. The molecule has 2 bridgehead atoms. The normalized spacial score (nSPS) is 33.5. The summed E-state index contributed by atoms with van der Waals surface area (Å²) >= 11 is 0. The Morgan fingerprint density at radius 1 is 1.10 bits per heavy atom. The van der Waals surface area contributed by atoms with E-state index in [0.29, 0.717) is 12.0 Å². The van der Waals surface area contributed by atoms with Gasteiger partial charge < -0.3 is 10.2 Å². The first-order chi connectivity index (χ1) is 9.88. The standard InChI is InChI=1S/C16H24N4/c1-2-4-12(3-1)14-5-8-17-16(18-14)19-15-11-20-9-6-13(15)7-10-20/h5,8,12-13,15H,1-4,6-7,9-11H2,(H,17,18,19)/t15-/m0/s1. The van der Waals surface area contributed by atoms with Crippen molar-refractivity contribution in [3.05, 3.63) is 18.0 Å². The summed E-state index contributed by atoms with van der Waals surface area (Å²) < 4.78 is 0. The average Bonchev–Trinajstić information content (AvgIpc) is 3.03. The molecule has 20 heavy (non-hydrogen) atoms. The molecule has 0 radical (unpaired) electrons. The van der Waals surface area contributed by atoms with Crippen LogP contribution in [0.25, 0.3) is 0 Å². The molecule has 5 rings (SSSR count). The molecule has 1 N–H and O–H groups in total. The number of aromatic nitrogens is 2. The number of hydrogen-bond donors (Lipinski definition) is 1. The van der Waals surface area contributed by atoms with Crippen LogP contribution in [0.15, 0.2) is 12.3 Å². The topological polar surface area (TPSA) is 41.1 Å².